The SMILES string of the molecule is CC(C)(C)OC(=O)N1CCN2C(NCC(O)Cc3ccccc3)=NCC2C1.I. The van der Waals surface area contributed by atoms with Gasteiger partial charge in [-0.1, -0.05) is 30.3 Å². The fraction of sp³-hybridized carbons (Fsp3) is 0.600. The topological polar surface area (TPSA) is 77.4 Å². The Morgan fingerprint density at radius 2 is 2.04 bits per heavy atom. The lowest BCUT2D eigenvalue weighted by Crippen LogP contribution is -2.58. The number of amides is 1. The number of fused-ring (bicyclic) bond motifs is 1. The maximum atomic E-state index is 12.3. The number of hydrogen-bond acceptors (Lipinski definition) is 6. The molecular formula is C20H31IN4O3. The molecule has 1 amide bonds. The van der Waals surface area contributed by atoms with Crippen LogP contribution in [0.3, 0.4) is 0 Å². The van der Waals surface area contributed by atoms with Crippen molar-refractivity contribution in [3.8, 4) is 0 Å². The molecule has 0 spiro atoms. The van der Waals surface area contributed by atoms with Crippen molar-refractivity contribution < 1.29 is 14.6 Å². The zero-order valence-electron chi connectivity index (χ0n) is 16.8. The van der Waals surface area contributed by atoms with E-state index in [1.54, 1.807) is 4.90 Å². The Bertz CT molecular complexity index is 678. The van der Waals surface area contributed by atoms with Crippen LogP contribution in [-0.2, 0) is 11.2 Å². The van der Waals surface area contributed by atoms with Crippen LogP contribution in [0.1, 0.15) is 26.3 Å². The first kappa shape index (κ1) is 22.7. The molecule has 2 unspecified atom stereocenters. The summed E-state index contributed by atoms with van der Waals surface area (Å²) in [6.07, 6.45) is -0.129. The molecule has 0 aromatic heterocycles. The summed E-state index contributed by atoms with van der Waals surface area (Å²) < 4.78 is 5.47. The number of nitrogens with zero attached hydrogens (tertiary/aromatic N) is 3. The van der Waals surface area contributed by atoms with Crippen LogP contribution in [0.4, 0.5) is 4.79 Å². The molecule has 0 aliphatic carbocycles. The predicted molar refractivity (Wildman–Crippen MR) is 120 cm³/mol. The molecule has 2 heterocycles. The molecule has 0 bridgehead atoms. The summed E-state index contributed by atoms with van der Waals surface area (Å²) in [5, 5.41) is 13.6. The summed E-state index contributed by atoms with van der Waals surface area (Å²) in [5.74, 6) is 0.816. The molecular weight excluding hydrogens is 471 g/mol. The van der Waals surface area contributed by atoms with Gasteiger partial charge < -0.3 is 25.0 Å². The molecule has 7 nitrogen and oxygen atoms in total. The van der Waals surface area contributed by atoms with E-state index >= 15 is 0 Å². The zero-order chi connectivity index (χ0) is 19.4. The second kappa shape index (κ2) is 9.78. The first-order chi connectivity index (χ1) is 12.8. The second-order valence-electron chi connectivity index (χ2n) is 8.16. The molecule has 2 N–H and O–H groups in total. The summed E-state index contributed by atoms with van der Waals surface area (Å²) in [4.78, 5) is 20.8. The van der Waals surface area contributed by atoms with Crippen molar-refractivity contribution in [2.75, 3.05) is 32.7 Å². The minimum Gasteiger partial charge on any atom is -0.444 e. The summed E-state index contributed by atoms with van der Waals surface area (Å²) in [7, 11) is 0. The molecule has 2 atom stereocenters. The average Bonchev–Trinajstić information content (AvgIpc) is 3.01. The first-order valence-electron chi connectivity index (χ1n) is 9.57. The highest BCUT2D eigenvalue weighted by Gasteiger charge is 2.36. The number of benzene rings is 1. The molecule has 2 aliphatic rings. The monoisotopic (exact) mass is 502 g/mol. The molecule has 156 valence electrons. The molecule has 1 saturated heterocycles. The van der Waals surface area contributed by atoms with Crippen LogP contribution >= 0.6 is 24.0 Å². The van der Waals surface area contributed by atoms with Gasteiger partial charge >= 0.3 is 6.09 Å². The van der Waals surface area contributed by atoms with E-state index in [0.29, 0.717) is 39.1 Å². The van der Waals surface area contributed by atoms with Gasteiger partial charge in [0.25, 0.3) is 0 Å². The van der Waals surface area contributed by atoms with E-state index in [4.69, 9.17) is 4.74 Å². The summed E-state index contributed by atoms with van der Waals surface area (Å²) in [6, 6.07) is 10.1. The van der Waals surface area contributed by atoms with E-state index in [1.165, 1.54) is 0 Å². The zero-order valence-corrected chi connectivity index (χ0v) is 19.1. The molecule has 3 rings (SSSR count). The van der Waals surface area contributed by atoms with E-state index in [-0.39, 0.29) is 36.1 Å². The summed E-state index contributed by atoms with van der Waals surface area (Å²) >= 11 is 0. The fourth-order valence-electron chi connectivity index (χ4n) is 3.39. The largest absolute Gasteiger partial charge is 0.444 e. The smallest absolute Gasteiger partial charge is 0.410 e. The first-order valence-corrected chi connectivity index (χ1v) is 9.57. The van der Waals surface area contributed by atoms with Gasteiger partial charge in [0.15, 0.2) is 5.96 Å². The quantitative estimate of drug-likeness (QED) is 0.617. The van der Waals surface area contributed by atoms with Crippen molar-refractivity contribution >= 4 is 36.0 Å². The van der Waals surface area contributed by atoms with Crippen LogP contribution < -0.4 is 5.32 Å². The number of halogens is 1. The van der Waals surface area contributed by atoms with Crippen molar-refractivity contribution in [1.82, 2.24) is 15.1 Å². The minimum atomic E-state index is -0.484. The molecule has 8 heteroatoms. The van der Waals surface area contributed by atoms with Crippen molar-refractivity contribution in [3.63, 3.8) is 0 Å². The van der Waals surface area contributed by atoms with Crippen molar-refractivity contribution in [3.05, 3.63) is 35.9 Å². The fourth-order valence-corrected chi connectivity index (χ4v) is 3.39. The van der Waals surface area contributed by atoms with Gasteiger partial charge in [-0.2, -0.15) is 0 Å². The van der Waals surface area contributed by atoms with E-state index in [1.807, 2.05) is 51.1 Å². The highest BCUT2D eigenvalue weighted by atomic mass is 127. The van der Waals surface area contributed by atoms with E-state index < -0.39 is 11.7 Å². The number of aliphatic hydroxyl groups is 1. The number of nitrogens with one attached hydrogen (secondary N) is 1. The summed E-state index contributed by atoms with van der Waals surface area (Å²) in [5.41, 5.74) is 0.631. The molecule has 28 heavy (non-hydrogen) atoms. The van der Waals surface area contributed by atoms with Gasteiger partial charge in [0, 0.05) is 32.6 Å². The highest BCUT2D eigenvalue weighted by molar-refractivity contribution is 14.0. The standard InChI is InChI=1S/C20H30N4O3.HI/c1-20(2,3)27-19(26)23-9-10-24-16(14-23)12-21-18(24)22-13-17(25)11-15-7-5-4-6-8-15;/h4-8,16-17,25H,9-14H2,1-3H3,(H,21,22);1H. The van der Waals surface area contributed by atoms with Crippen LogP contribution in [0.25, 0.3) is 0 Å². The molecule has 0 radical (unpaired) electrons. The number of carbonyl (C=O) groups excluding carboxylic acids is 1. The molecule has 1 fully saturated rings. The minimum absolute atomic E-state index is 0. The van der Waals surface area contributed by atoms with Crippen LogP contribution in [0.15, 0.2) is 35.3 Å². The molecule has 0 saturated carbocycles. The molecule has 1 aromatic rings. The highest BCUT2D eigenvalue weighted by Crippen LogP contribution is 2.18. The van der Waals surface area contributed by atoms with Gasteiger partial charge in [-0.15, -0.1) is 24.0 Å². The number of aliphatic hydroxyl groups excluding tert-OH is 1. The second-order valence-corrected chi connectivity index (χ2v) is 8.16. The number of carbonyl (C=O) groups is 1. The van der Waals surface area contributed by atoms with Crippen molar-refractivity contribution in [2.24, 2.45) is 4.99 Å². The number of guanidine groups is 1. The third-order valence-electron chi connectivity index (χ3n) is 4.67. The number of hydrogen-bond donors (Lipinski definition) is 2. The lowest BCUT2D eigenvalue weighted by molar-refractivity contribution is 0.0137. The van der Waals surface area contributed by atoms with E-state index in [9.17, 15) is 9.90 Å². The van der Waals surface area contributed by atoms with Gasteiger partial charge in [-0.25, -0.2) is 4.79 Å². The van der Waals surface area contributed by atoms with E-state index in [0.717, 1.165) is 11.5 Å². The Morgan fingerprint density at radius 3 is 2.71 bits per heavy atom. The van der Waals surface area contributed by atoms with Crippen LogP contribution in [0.2, 0.25) is 0 Å². The lowest BCUT2D eigenvalue weighted by atomic mass is 10.1. The maximum absolute atomic E-state index is 12.3. The van der Waals surface area contributed by atoms with Crippen LogP contribution in [0.5, 0.6) is 0 Å². The number of ether oxygens (including phenoxy) is 1. The van der Waals surface area contributed by atoms with Crippen LogP contribution in [0, 0.1) is 0 Å². The predicted octanol–water partition coefficient (Wildman–Crippen LogP) is 2.09. The van der Waals surface area contributed by atoms with Crippen LogP contribution in [-0.4, -0.2) is 77.4 Å². The Kier molecular flexibility index (Phi) is 7.94. The third kappa shape index (κ3) is 6.23. The van der Waals surface area contributed by atoms with Gasteiger partial charge in [0.05, 0.1) is 18.7 Å². The maximum Gasteiger partial charge on any atom is 0.410 e. The van der Waals surface area contributed by atoms with Gasteiger partial charge in [-0.3, -0.25) is 4.99 Å². The Hall–Kier alpha value is -1.55. The number of piperazine rings is 1. The molecule has 2 aliphatic heterocycles. The van der Waals surface area contributed by atoms with E-state index in [2.05, 4.69) is 15.2 Å². The van der Waals surface area contributed by atoms with Gasteiger partial charge in [0.1, 0.15) is 5.60 Å². The van der Waals surface area contributed by atoms with Gasteiger partial charge in [0.2, 0.25) is 0 Å². The van der Waals surface area contributed by atoms with Gasteiger partial charge in [-0.05, 0) is 26.3 Å². The molecule has 1 aromatic carbocycles. The Balaban J connectivity index is 0.00000280. The average molecular weight is 502 g/mol. The number of rotatable bonds is 4. The van der Waals surface area contributed by atoms with Crippen molar-refractivity contribution in [1.29, 1.82) is 0 Å². The third-order valence-corrected chi connectivity index (χ3v) is 4.67. The van der Waals surface area contributed by atoms with Crippen molar-refractivity contribution in [2.45, 2.75) is 44.9 Å². The summed E-state index contributed by atoms with van der Waals surface area (Å²) in [6.45, 7) is 8.66. The number of aliphatic imine (C=N–C) groups is 1. The normalized spacial score (nSPS) is 20.0. The Morgan fingerprint density at radius 1 is 1.32 bits per heavy atom. The lowest BCUT2D eigenvalue weighted by Gasteiger charge is -2.39. The Labute approximate surface area is 184 Å².